The number of hydrazine groups is 1. The molecule has 11 heteroatoms. The number of anilines is 3. The fourth-order valence-corrected chi connectivity index (χ4v) is 7.42. The van der Waals surface area contributed by atoms with Gasteiger partial charge < -0.3 is 14.5 Å². The Kier molecular flexibility index (Phi) is 10.5. The van der Waals surface area contributed by atoms with E-state index in [0.717, 1.165) is 52.4 Å². The van der Waals surface area contributed by atoms with E-state index in [4.69, 9.17) is 19.7 Å². The van der Waals surface area contributed by atoms with Crippen molar-refractivity contribution in [1.82, 2.24) is 30.2 Å². The average molecular weight is 662 g/mol. The number of nitrogens with one attached hydrogen (secondary N) is 2. The SMILES string of the molecule is COc1ccc(C(=O)NNc2nc(N3CCN(C4CCCCC4)CC3)nc(N3CCN(C(c4ccccc4)c4ccccc4)CC3)n2)cc1. The van der Waals surface area contributed by atoms with Crippen LogP contribution in [0.15, 0.2) is 84.9 Å². The molecule has 2 aliphatic heterocycles. The lowest BCUT2D eigenvalue weighted by Gasteiger charge is -2.41. The molecule has 3 fully saturated rings. The molecule has 2 saturated heterocycles. The third kappa shape index (κ3) is 7.95. The summed E-state index contributed by atoms with van der Waals surface area (Å²) in [5.74, 6) is 2.00. The van der Waals surface area contributed by atoms with Gasteiger partial charge in [0.1, 0.15) is 5.75 Å². The molecule has 2 N–H and O–H groups in total. The molecular formula is C38H47N9O2. The molecule has 3 heterocycles. The molecule has 7 rings (SSSR count). The summed E-state index contributed by atoms with van der Waals surface area (Å²) < 4.78 is 5.24. The van der Waals surface area contributed by atoms with Crippen molar-refractivity contribution in [3.63, 3.8) is 0 Å². The first-order valence-electron chi connectivity index (χ1n) is 17.7. The highest BCUT2D eigenvalue weighted by Crippen LogP contribution is 2.31. The van der Waals surface area contributed by atoms with Crippen molar-refractivity contribution in [3.05, 3.63) is 102 Å². The number of amides is 1. The summed E-state index contributed by atoms with van der Waals surface area (Å²) >= 11 is 0. The lowest BCUT2D eigenvalue weighted by Crippen LogP contribution is -2.51. The van der Waals surface area contributed by atoms with Gasteiger partial charge in [-0.15, -0.1) is 0 Å². The van der Waals surface area contributed by atoms with Crippen LogP contribution in [0.2, 0.25) is 0 Å². The first-order valence-corrected chi connectivity index (χ1v) is 17.7. The van der Waals surface area contributed by atoms with Crippen molar-refractivity contribution in [3.8, 4) is 5.75 Å². The van der Waals surface area contributed by atoms with Crippen LogP contribution in [0.4, 0.5) is 17.8 Å². The van der Waals surface area contributed by atoms with Crippen molar-refractivity contribution in [2.24, 2.45) is 0 Å². The number of carbonyl (C=O) groups is 1. The van der Waals surface area contributed by atoms with Gasteiger partial charge in [0.25, 0.3) is 5.91 Å². The Morgan fingerprint density at radius 1 is 0.694 bits per heavy atom. The van der Waals surface area contributed by atoms with E-state index in [9.17, 15) is 4.79 Å². The number of carbonyl (C=O) groups excluding carboxylic acids is 1. The van der Waals surface area contributed by atoms with Crippen LogP contribution in [0.5, 0.6) is 5.75 Å². The average Bonchev–Trinajstić information content (AvgIpc) is 3.18. The van der Waals surface area contributed by atoms with Gasteiger partial charge in [-0.25, -0.2) is 0 Å². The first-order chi connectivity index (χ1) is 24.1. The number of aromatic nitrogens is 3. The lowest BCUT2D eigenvalue weighted by atomic mass is 9.94. The molecule has 0 bridgehead atoms. The summed E-state index contributed by atoms with van der Waals surface area (Å²) in [5, 5.41) is 0. The van der Waals surface area contributed by atoms with E-state index in [1.54, 1.807) is 31.4 Å². The van der Waals surface area contributed by atoms with Gasteiger partial charge in [0.2, 0.25) is 17.8 Å². The monoisotopic (exact) mass is 661 g/mol. The predicted octanol–water partition coefficient (Wildman–Crippen LogP) is 5.00. The number of rotatable bonds is 10. The van der Waals surface area contributed by atoms with E-state index >= 15 is 0 Å². The normalized spacial score (nSPS) is 18.0. The molecule has 3 aromatic carbocycles. The predicted molar refractivity (Wildman–Crippen MR) is 193 cm³/mol. The Bertz CT molecular complexity index is 1600. The lowest BCUT2D eigenvalue weighted by molar-refractivity contribution is 0.0962. The Morgan fingerprint density at radius 3 is 1.80 bits per heavy atom. The zero-order valence-corrected chi connectivity index (χ0v) is 28.4. The Hall–Kier alpha value is -4.74. The van der Waals surface area contributed by atoms with Crippen LogP contribution in [-0.4, -0.2) is 96.2 Å². The molecule has 256 valence electrons. The van der Waals surface area contributed by atoms with Crippen LogP contribution in [-0.2, 0) is 0 Å². The van der Waals surface area contributed by atoms with Crippen molar-refractivity contribution >= 4 is 23.8 Å². The number of hydrogen-bond donors (Lipinski definition) is 2. The van der Waals surface area contributed by atoms with Crippen LogP contribution in [0, 0.1) is 0 Å². The molecule has 1 amide bonds. The van der Waals surface area contributed by atoms with Crippen molar-refractivity contribution in [2.75, 3.05) is 74.7 Å². The Balaban J connectivity index is 1.08. The molecule has 1 aromatic heterocycles. The summed E-state index contributed by atoms with van der Waals surface area (Å²) in [5.41, 5.74) is 8.86. The third-order valence-electron chi connectivity index (χ3n) is 10.1. The molecule has 3 aliphatic rings. The van der Waals surface area contributed by atoms with Crippen LogP contribution in [0.3, 0.4) is 0 Å². The van der Waals surface area contributed by atoms with E-state index in [-0.39, 0.29) is 11.9 Å². The fourth-order valence-electron chi connectivity index (χ4n) is 7.42. The first kappa shape index (κ1) is 32.8. The highest BCUT2D eigenvalue weighted by Gasteiger charge is 2.30. The van der Waals surface area contributed by atoms with Crippen molar-refractivity contribution in [2.45, 2.75) is 44.2 Å². The number of nitrogens with zero attached hydrogens (tertiary/aromatic N) is 7. The number of hydrogen-bond acceptors (Lipinski definition) is 10. The van der Waals surface area contributed by atoms with Gasteiger partial charge >= 0.3 is 0 Å². The van der Waals surface area contributed by atoms with Gasteiger partial charge in [-0.1, -0.05) is 79.9 Å². The van der Waals surface area contributed by atoms with E-state index in [1.807, 2.05) is 0 Å². The Labute approximate surface area is 289 Å². The maximum Gasteiger partial charge on any atom is 0.269 e. The maximum atomic E-state index is 13.0. The molecule has 49 heavy (non-hydrogen) atoms. The molecule has 0 spiro atoms. The standard InChI is InChI=1S/C38H47N9O2/c1-49-33-19-17-31(18-20-33)35(48)42-43-36-39-37(46-25-21-44(22-26-46)32-15-9-4-10-16-32)41-38(40-36)47-27-23-45(24-28-47)34(29-11-5-2-6-12-29)30-13-7-3-8-14-30/h2-3,5-8,11-14,17-20,32,34H,4,9-10,15-16,21-28H2,1H3,(H,42,48)(H,39,40,41,43). The maximum absolute atomic E-state index is 13.0. The molecule has 0 radical (unpaired) electrons. The topological polar surface area (TPSA) is 102 Å². The summed E-state index contributed by atoms with van der Waals surface area (Å²) in [4.78, 5) is 37.4. The van der Waals surface area contributed by atoms with Crippen LogP contribution in [0.1, 0.15) is 59.6 Å². The van der Waals surface area contributed by atoms with E-state index in [1.165, 1.54) is 43.2 Å². The van der Waals surface area contributed by atoms with Crippen LogP contribution >= 0.6 is 0 Å². The molecule has 11 nitrogen and oxygen atoms in total. The third-order valence-corrected chi connectivity index (χ3v) is 10.1. The van der Waals surface area contributed by atoms with Gasteiger partial charge in [0.15, 0.2) is 0 Å². The van der Waals surface area contributed by atoms with Crippen molar-refractivity contribution < 1.29 is 9.53 Å². The number of methoxy groups -OCH3 is 1. The molecular weight excluding hydrogens is 614 g/mol. The van der Waals surface area contributed by atoms with E-state index < -0.39 is 0 Å². The largest absolute Gasteiger partial charge is 0.497 e. The molecule has 1 aliphatic carbocycles. The highest BCUT2D eigenvalue weighted by molar-refractivity contribution is 5.94. The van der Waals surface area contributed by atoms with Gasteiger partial charge in [0, 0.05) is 64.0 Å². The second-order valence-corrected chi connectivity index (χ2v) is 13.1. The van der Waals surface area contributed by atoms with Gasteiger partial charge in [-0.3, -0.25) is 25.4 Å². The summed E-state index contributed by atoms with van der Waals surface area (Å²) in [6, 6.07) is 29.3. The zero-order valence-electron chi connectivity index (χ0n) is 28.4. The minimum atomic E-state index is -0.284. The molecule has 4 aromatic rings. The fraction of sp³-hybridized carbons (Fsp3) is 0.421. The number of ether oxygens (including phenoxy) is 1. The number of benzene rings is 3. The molecule has 0 atom stereocenters. The highest BCUT2D eigenvalue weighted by atomic mass is 16.5. The second kappa shape index (κ2) is 15.7. The van der Waals surface area contributed by atoms with Crippen LogP contribution in [0.25, 0.3) is 0 Å². The van der Waals surface area contributed by atoms with Gasteiger partial charge in [0.05, 0.1) is 13.2 Å². The summed E-state index contributed by atoms with van der Waals surface area (Å²) in [7, 11) is 1.60. The minimum Gasteiger partial charge on any atom is -0.497 e. The quantitative estimate of drug-likeness (QED) is 0.226. The smallest absolute Gasteiger partial charge is 0.269 e. The summed E-state index contributed by atoms with van der Waals surface area (Å²) in [6.45, 7) is 6.98. The van der Waals surface area contributed by atoms with Gasteiger partial charge in [-0.05, 0) is 48.2 Å². The zero-order chi connectivity index (χ0) is 33.4. The number of piperazine rings is 2. The molecule has 1 saturated carbocycles. The van der Waals surface area contributed by atoms with E-state index in [2.05, 4.69) is 91.1 Å². The summed E-state index contributed by atoms with van der Waals surface area (Å²) in [6.07, 6.45) is 6.65. The van der Waals surface area contributed by atoms with Crippen LogP contribution < -0.4 is 25.4 Å². The second-order valence-electron chi connectivity index (χ2n) is 13.1. The van der Waals surface area contributed by atoms with Crippen molar-refractivity contribution in [1.29, 1.82) is 0 Å². The minimum absolute atomic E-state index is 0.171. The van der Waals surface area contributed by atoms with E-state index in [0.29, 0.717) is 35.2 Å². The Morgan fingerprint density at radius 2 is 1.24 bits per heavy atom. The van der Waals surface area contributed by atoms with Gasteiger partial charge in [-0.2, -0.15) is 15.0 Å². The molecule has 0 unspecified atom stereocenters.